The SMILES string of the molecule is CC1(C)CCCN(c2cncc(CN)n2)C1. The number of nitrogens with zero attached hydrogens (tertiary/aromatic N) is 3. The molecule has 1 saturated heterocycles. The molecule has 2 N–H and O–H groups in total. The molecule has 16 heavy (non-hydrogen) atoms. The smallest absolute Gasteiger partial charge is 0.147 e. The number of piperidine rings is 1. The van der Waals surface area contributed by atoms with Gasteiger partial charge in [0.1, 0.15) is 5.82 Å². The third-order valence-corrected chi connectivity index (χ3v) is 3.11. The van der Waals surface area contributed by atoms with Gasteiger partial charge in [0.15, 0.2) is 0 Å². The van der Waals surface area contributed by atoms with Gasteiger partial charge in [-0.3, -0.25) is 4.98 Å². The molecule has 1 aliphatic heterocycles. The standard InChI is InChI=1S/C12H20N4/c1-12(2)4-3-5-16(9-12)11-8-14-7-10(6-13)15-11/h7-8H,3-6,9,13H2,1-2H3. The zero-order valence-corrected chi connectivity index (χ0v) is 10.1. The van der Waals surface area contributed by atoms with Gasteiger partial charge in [-0.2, -0.15) is 0 Å². The molecule has 0 aromatic carbocycles. The Morgan fingerprint density at radius 1 is 1.44 bits per heavy atom. The highest BCUT2D eigenvalue weighted by Crippen LogP contribution is 2.30. The Balaban J connectivity index is 2.16. The van der Waals surface area contributed by atoms with E-state index in [4.69, 9.17) is 5.73 Å². The van der Waals surface area contributed by atoms with Crippen molar-refractivity contribution in [1.29, 1.82) is 0 Å². The highest BCUT2D eigenvalue weighted by atomic mass is 15.2. The molecule has 0 radical (unpaired) electrons. The molecule has 88 valence electrons. The normalized spacial score (nSPS) is 19.8. The fourth-order valence-electron chi connectivity index (χ4n) is 2.26. The summed E-state index contributed by atoms with van der Waals surface area (Å²) in [4.78, 5) is 11.0. The Hall–Kier alpha value is -1.16. The van der Waals surface area contributed by atoms with Gasteiger partial charge in [-0.25, -0.2) is 4.98 Å². The summed E-state index contributed by atoms with van der Waals surface area (Å²) in [6.07, 6.45) is 6.08. The second kappa shape index (κ2) is 4.37. The van der Waals surface area contributed by atoms with Crippen molar-refractivity contribution in [2.24, 2.45) is 11.1 Å². The Morgan fingerprint density at radius 3 is 2.94 bits per heavy atom. The maximum atomic E-state index is 5.58. The van der Waals surface area contributed by atoms with Crippen LogP contribution in [0.5, 0.6) is 0 Å². The lowest BCUT2D eigenvalue weighted by atomic mass is 9.84. The molecule has 1 fully saturated rings. The summed E-state index contributed by atoms with van der Waals surface area (Å²) in [6, 6.07) is 0. The third-order valence-electron chi connectivity index (χ3n) is 3.11. The maximum absolute atomic E-state index is 5.58. The van der Waals surface area contributed by atoms with E-state index in [-0.39, 0.29) is 0 Å². The Bertz CT molecular complexity index is 362. The van der Waals surface area contributed by atoms with Crippen LogP contribution in [0.2, 0.25) is 0 Å². The third kappa shape index (κ3) is 2.50. The predicted octanol–water partition coefficient (Wildman–Crippen LogP) is 1.56. The molecule has 0 aliphatic carbocycles. The number of hydrogen-bond donors (Lipinski definition) is 1. The summed E-state index contributed by atoms with van der Waals surface area (Å²) in [7, 11) is 0. The Kier molecular flexibility index (Phi) is 3.10. The van der Waals surface area contributed by atoms with Gasteiger partial charge >= 0.3 is 0 Å². The summed E-state index contributed by atoms with van der Waals surface area (Å²) in [5.41, 5.74) is 6.82. The molecule has 2 heterocycles. The van der Waals surface area contributed by atoms with Gasteiger partial charge in [-0.15, -0.1) is 0 Å². The van der Waals surface area contributed by atoms with Crippen LogP contribution in [-0.2, 0) is 6.54 Å². The minimum Gasteiger partial charge on any atom is -0.355 e. The van der Waals surface area contributed by atoms with Crippen LogP contribution < -0.4 is 10.6 Å². The van der Waals surface area contributed by atoms with Crippen LogP contribution in [0.4, 0.5) is 5.82 Å². The van der Waals surface area contributed by atoms with Crippen LogP contribution in [0.3, 0.4) is 0 Å². The van der Waals surface area contributed by atoms with E-state index in [2.05, 4.69) is 28.7 Å². The highest BCUT2D eigenvalue weighted by molar-refractivity contribution is 5.37. The number of rotatable bonds is 2. The maximum Gasteiger partial charge on any atom is 0.147 e. The zero-order valence-electron chi connectivity index (χ0n) is 10.1. The van der Waals surface area contributed by atoms with E-state index in [1.165, 1.54) is 12.8 Å². The van der Waals surface area contributed by atoms with E-state index in [1.807, 2.05) is 6.20 Å². The van der Waals surface area contributed by atoms with Crippen molar-refractivity contribution >= 4 is 5.82 Å². The van der Waals surface area contributed by atoms with Crippen molar-refractivity contribution in [2.45, 2.75) is 33.2 Å². The summed E-state index contributed by atoms with van der Waals surface area (Å²) >= 11 is 0. The van der Waals surface area contributed by atoms with E-state index in [0.29, 0.717) is 12.0 Å². The molecule has 4 nitrogen and oxygen atoms in total. The summed E-state index contributed by atoms with van der Waals surface area (Å²) in [6.45, 7) is 7.19. The molecule has 0 bridgehead atoms. The molecule has 4 heteroatoms. The van der Waals surface area contributed by atoms with Crippen LogP contribution in [0.15, 0.2) is 12.4 Å². The molecule has 1 aromatic heterocycles. The first-order valence-electron chi connectivity index (χ1n) is 5.87. The van der Waals surface area contributed by atoms with Gasteiger partial charge < -0.3 is 10.6 Å². The minimum absolute atomic E-state index is 0.374. The van der Waals surface area contributed by atoms with Gasteiger partial charge in [0, 0.05) is 25.8 Å². The lowest BCUT2D eigenvalue weighted by molar-refractivity contribution is 0.292. The predicted molar refractivity (Wildman–Crippen MR) is 65.2 cm³/mol. The topological polar surface area (TPSA) is 55.0 Å². The average molecular weight is 220 g/mol. The van der Waals surface area contributed by atoms with E-state index >= 15 is 0 Å². The first kappa shape index (κ1) is 11.3. The molecule has 0 unspecified atom stereocenters. The molecular weight excluding hydrogens is 200 g/mol. The van der Waals surface area contributed by atoms with Crippen LogP contribution in [-0.4, -0.2) is 23.1 Å². The van der Waals surface area contributed by atoms with Gasteiger partial charge in [0.2, 0.25) is 0 Å². The fourth-order valence-corrected chi connectivity index (χ4v) is 2.26. The lowest BCUT2D eigenvalue weighted by Crippen LogP contribution is -2.40. The molecule has 2 rings (SSSR count). The van der Waals surface area contributed by atoms with Crippen molar-refractivity contribution < 1.29 is 0 Å². The van der Waals surface area contributed by atoms with Crippen LogP contribution in [0.1, 0.15) is 32.4 Å². The first-order chi connectivity index (χ1) is 7.61. The minimum atomic E-state index is 0.374. The lowest BCUT2D eigenvalue weighted by Gasteiger charge is -2.38. The molecule has 1 aliphatic rings. The number of hydrogen-bond acceptors (Lipinski definition) is 4. The summed E-state index contributed by atoms with van der Waals surface area (Å²) in [5, 5.41) is 0. The van der Waals surface area contributed by atoms with Crippen LogP contribution in [0, 0.1) is 5.41 Å². The molecule has 0 amide bonds. The second-order valence-electron chi connectivity index (χ2n) is 5.26. The molecule has 0 atom stereocenters. The largest absolute Gasteiger partial charge is 0.355 e. The zero-order chi connectivity index (χ0) is 11.6. The van der Waals surface area contributed by atoms with E-state index < -0.39 is 0 Å². The monoisotopic (exact) mass is 220 g/mol. The van der Waals surface area contributed by atoms with Gasteiger partial charge in [0.25, 0.3) is 0 Å². The fraction of sp³-hybridized carbons (Fsp3) is 0.667. The van der Waals surface area contributed by atoms with Crippen molar-refractivity contribution in [1.82, 2.24) is 9.97 Å². The van der Waals surface area contributed by atoms with E-state index in [1.54, 1.807) is 6.20 Å². The highest BCUT2D eigenvalue weighted by Gasteiger charge is 2.27. The van der Waals surface area contributed by atoms with Gasteiger partial charge in [-0.1, -0.05) is 13.8 Å². The molecule has 0 saturated carbocycles. The van der Waals surface area contributed by atoms with Gasteiger partial charge in [0.05, 0.1) is 11.9 Å². The van der Waals surface area contributed by atoms with Crippen LogP contribution in [0.25, 0.3) is 0 Å². The summed E-state index contributed by atoms with van der Waals surface area (Å²) in [5.74, 6) is 0.968. The number of aromatic nitrogens is 2. The summed E-state index contributed by atoms with van der Waals surface area (Å²) < 4.78 is 0. The van der Waals surface area contributed by atoms with Crippen molar-refractivity contribution in [3.63, 3.8) is 0 Å². The van der Waals surface area contributed by atoms with Gasteiger partial charge in [-0.05, 0) is 18.3 Å². The quantitative estimate of drug-likeness (QED) is 0.822. The van der Waals surface area contributed by atoms with Crippen molar-refractivity contribution in [3.05, 3.63) is 18.1 Å². The van der Waals surface area contributed by atoms with E-state index in [0.717, 1.165) is 24.6 Å². The number of nitrogens with two attached hydrogens (primary N) is 1. The Labute approximate surface area is 96.9 Å². The first-order valence-corrected chi connectivity index (χ1v) is 5.87. The second-order valence-corrected chi connectivity index (χ2v) is 5.26. The van der Waals surface area contributed by atoms with Crippen molar-refractivity contribution in [3.8, 4) is 0 Å². The van der Waals surface area contributed by atoms with Crippen molar-refractivity contribution in [2.75, 3.05) is 18.0 Å². The molecule has 0 spiro atoms. The van der Waals surface area contributed by atoms with Crippen LogP contribution >= 0.6 is 0 Å². The van der Waals surface area contributed by atoms with E-state index in [9.17, 15) is 0 Å². The number of anilines is 1. The average Bonchev–Trinajstić information content (AvgIpc) is 2.28. The Morgan fingerprint density at radius 2 is 2.25 bits per heavy atom. The molecule has 1 aromatic rings. The molecular formula is C12H20N4.